The maximum absolute atomic E-state index is 8.89. The van der Waals surface area contributed by atoms with Gasteiger partial charge in [-0.15, -0.1) is 0 Å². The molecule has 2 aromatic rings. The highest BCUT2D eigenvalue weighted by Gasteiger charge is 2.05. The van der Waals surface area contributed by atoms with Gasteiger partial charge in [0.25, 0.3) is 0 Å². The van der Waals surface area contributed by atoms with Crippen LogP contribution in [0.25, 0.3) is 10.9 Å². The largest absolute Gasteiger partial charge is 0.396 e. The minimum Gasteiger partial charge on any atom is -0.396 e. The molecule has 102 valence electrons. The fourth-order valence-corrected chi connectivity index (χ4v) is 2.32. The van der Waals surface area contributed by atoms with Crippen LogP contribution >= 0.6 is 0 Å². The van der Waals surface area contributed by atoms with Gasteiger partial charge in [-0.3, -0.25) is 4.98 Å². The molecular formula is C16H22N2O. The van der Waals surface area contributed by atoms with Gasteiger partial charge in [0, 0.05) is 24.2 Å². The Morgan fingerprint density at radius 2 is 2.11 bits per heavy atom. The van der Waals surface area contributed by atoms with E-state index in [1.807, 2.05) is 13.0 Å². The number of aliphatic hydroxyl groups is 1. The second-order valence-corrected chi connectivity index (χ2v) is 5.19. The number of fused-ring (bicyclic) bond motifs is 1. The van der Waals surface area contributed by atoms with E-state index in [1.165, 1.54) is 10.9 Å². The second-order valence-electron chi connectivity index (χ2n) is 5.19. The Morgan fingerprint density at radius 3 is 2.89 bits per heavy atom. The van der Waals surface area contributed by atoms with Crippen molar-refractivity contribution in [1.29, 1.82) is 0 Å². The van der Waals surface area contributed by atoms with Crippen molar-refractivity contribution in [2.24, 2.45) is 5.92 Å². The summed E-state index contributed by atoms with van der Waals surface area (Å²) in [5, 5.41) is 13.6. The summed E-state index contributed by atoms with van der Waals surface area (Å²) in [6, 6.07) is 10.4. The predicted molar refractivity (Wildman–Crippen MR) is 79.1 cm³/mol. The van der Waals surface area contributed by atoms with Gasteiger partial charge in [0.2, 0.25) is 0 Å². The molecule has 0 bridgehead atoms. The van der Waals surface area contributed by atoms with E-state index in [9.17, 15) is 0 Å². The molecule has 3 heteroatoms. The number of hydrogen-bond donors (Lipinski definition) is 2. The molecule has 0 aliphatic carbocycles. The Balaban J connectivity index is 2.08. The van der Waals surface area contributed by atoms with Crippen molar-refractivity contribution in [2.75, 3.05) is 13.2 Å². The van der Waals surface area contributed by atoms with Crippen LogP contribution in [0.1, 0.15) is 24.6 Å². The molecule has 3 nitrogen and oxygen atoms in total. The highest BCUT2D eigenvalue weighted by molar-refractivity contribution is 5.82. The quantitative estimate of drug-likeness (QED) is 0.837. The van der Waals surface area contributed by atoms with E-state index in [1.54, 1.807) is 0 Å². The van der Waals surface area contributed by atoms with Gasteiger partial charge in [0.15, 0.2) is 0 Å². The number of aromatic nitrogens is 1. The molecule has 1 heterocycles. The molecule has 1 aromatic heterocycles. The zero-order valence-electron chi connectivity index (χ0n) is 11.7. The van der Waals surface area contributed by atoms with Crippen LogP contribution < -0.4 is 5.32 Å². The number of nitrogens with one attached hydrogen (secondary N) is 1. The van der Waals surface area contributed by atoms with Crippen molar-refractivity contribution in [1.82, 2.24) is 10.3 Å². The summed E-state index contributed by atoms with van der Waals surface area (Å²) in [5.41, 5.74) is 3.40. The van der Waals surface area contributed by atoms with Crippen LogP contribution in [0, 0.1) is 12.8 Å². The van der Waals surface area contributed by atoms with Crippen LogP contribution in [0.15, 0.2) is 30.3 Å². The van der Waals surface area contributed by atoms with Crippen molar-refractivity contribution >= 4 is 10.9 Å². The molecule has 0 aliphatic heterocycles. The first-order valence-corrected chi connectivity index (χ1v) is 6.87. The van der Waals surface area contributed by atoms with E-state index in [4.69, 9.17) is 5.11 Å². The summed E-state index contributed by atoms with van der Waals surface area (Å²) < 4.78 is 0. The van der Waals surface area contributed by atoms with Crippen molar-refractivity contribution in [3.8, 4) is 0 Å². The Labute approximate surface area is 114 Å². The lowest BCUT2D eigenvalue weighted by molar-refractivity contribution is 0.260. The Hall–Kier alpha value is -1.45. The summed E-state index contributed by atoms with van der Waals surface area (Å²) >= 11 is 0. The summed E-state index contributed by atoms with van der Waals surface area (Å²) in [6.07, 6.45) is 0.850. The minimum atomic E-state index is 0.264. The third kappa shape index (κ3) is 3.75. The van der Waals surface area contributed by atoms with E-state index >= 15 is 0 Å². The van der Waals surface area contributed by atoms with Crippen LogP contribution in [-0.2, 0) is 6.54 Å². The monoisotopic (exact) mass is 258 g/mol. The molecule has 2 rings (SSSR count). The molecule has 1 unspecified atom stereocenters. The summed E-state index contributed by atoms with van der Waals surface area (Å²) in [6.45, 7) is 6.22. The molecule has 0 fully saturated rings. The average molecular weight is 258 g/mol. The molecule has 0 saturated heterocycles. The van der Waals surface area contributed by atoms with E-state index < -0.39 is 0 Å². The number of para-hydroxylation sites is 1. The predicted octanol–water partition coefficient (Wildman–Crippen LogP) is 2.65. The third-order valence-electron chi connectivity index (χ3n) is 3.36. The van der Waals surface area contributed by atoms with Crippen molar-refractivity contribution < 1.29 is 5.11 Å². The number of pyridine rings is 1. The Kier molecular flexibility index (Phi) is 4.88. The van der Waals surface area contributed by atoms with E-state index in [-0.39, 0.29) is 6.61 Å². The maximum atomic E-state index is 8.89. The molecule has 19 heavy (non-hydrogen) atoms. The van der Waals surface area contributed by atoms with E-state index in [2.05, 4.69) is 41.5 Å². The fraction of sp³-hybridized carbons (Fsp3) is 0.438. The number of aryl methyl sites for hydroxylation is 1. The molecule has 1 atom stereocenters. The van der Waals surface area contributed by atoms with Crippen molar-refractivity contribution in [3.63, 3.8) is 0 Å². The van der Waals surface area contributed by atoms with Crippen LogP contribution in [-0.4, -0.2) is 23.2 Å². The average Bonchev–Trinajstić information content (AvgIpc) is 2.38. The number of aliphatic hydroxyl groups excluding tert-OH is 1. The topological polar surface area (TPSA) is 45.1 Å². The minimum absolute atomic E-state index is 0.264. The van der Waals surface area contributed by atoms with Gasteiger partial charge >= 0.3 is 0 Å². The van der Waals surface area contributed by atoms with Gasteiger partial charge in [0.05, 0.1) is 5.52 Å². The second kappa shape index (κ2) is 6.64. The summed E-state index contributed by atoms with van der Waals surface area (Å²) in [4.78, 5) is 4.55. The fourth-order valence-electron chi connectivity index (χ4n) is 2.32. The highest BCUT2D eigenvalue weighted by atomic mass is 16.3. The lowest BCUT2D eigenvalue weighted by Gasteiger charge is -2.13. The van der Waals surface area contributed by atoms with Crippen LogP contribution in [0.2, 0.25) is 0 Å². The van der Waals surface area contributed by atoms with Gasteiger partial charge in [-0.2, -0.15) is 0 Å². The van der Waals surface area contributed by atoms with E-state index in [0.29, 0.717) is 5.92 Å². The van der Waals surface area contributed by atoms with Crippen molar-refractivity contribution in [3.05, 3.63) is 41.6 Å². The first kappa shape index (κ1) is 14.0. The first-order chi connectivity index (χ1) is 9.20. The van der Waals surface area contributed by atoms with Gasteiger partial charge in [-0.05, 0) is 43.5 Å². The molecule has 1 aromatic carbocycles. The molecule has 2 N–H and O–H groups in total. The van der Waals surface area contributed by atoms with Crippen LogP contribution in [0.4, 0.5) is 0 Å². The SMILES string of the molecule is Cc1cc(CNCC(C)CCO)c2ccccc2n1. The normalized spacial score (nSPS) is 12.8. The Bertz CT molecular complexity index is 539. The lowest BCUT2D eigenvalue weighted by Crippen LogP contribution is -2.21. The molecular weight excluding hydrogens is 236 g/mol. The molecule has 0 radical (unpaired) electrons. The summed E-state index contributed by atoms with van der Waals surface area (Å²) in [5.74, 6) is 0.499. The summed E-state index contributed by atoms with van der Waals surface area (Å²) in [7, 11) is 0. The lowest BCUT2D eigenvalue weighted by atomic mass is 10.1. The van der Waals surface area contributed by atoms with Crippen LogP contribution in [0.5, 0.6) is 0 Å². The molecule has 0 spiro atoms. The van der Waals surface area contributed by atoms with E-state index in [0.717, 1.165) is 30.7 Å². The Morgan fingerprint density at radius 1 is 1.32 bits per heavy atom. The molecule has 0 aliphatic rings. The van der Waals surface area contributed by atoms with Crippen molar-refractivity contribution in [2.45, 2.75) is 26.8 Å². The number of hydrogen-bond acceptors (Lipinski definition) is 3. The number of rotatable bonds is 6. The smallest absolute Gasteiger partial charge is 0.0708 e. The van der Waals surface area contributed by atoms with Gasteiger partial charge in [0.1, 0.15) is 0 Å². The first-order valence-electron chi connectivity index (χ1n) is 6.87. The maximum Gasteiger partial charge on any atom is 0.0708 e. The van der Waals surface area contributed by atoms with Gasteiger partial charge < -0.3 is 10.4 Å². The van der Waals surface area contributed by atoms with Gasteiger partial charge in [-0.1, -0.05) is 25.1 Å². The molecule has 0 saturated carbocycles. The highest BCUT2D eigenvalue weighted by Crippen LogP contribution is 2.18. The number of nitrogens with zero attached hydrogens (tertiary/aromatic N) is 1. The zero-order valence-corrected chi connectivity index (χ0v) is 11.7. The molecule has 0 amide bonds. The standard InChI is InChI=1S/C16H22N2O/c1-12(7-8-19)10-17-11-14-9-13(2)18-16-6-4-3-5-15(14)16/h3-6,9,12,17,19H,7-8,10-11H2,1-2H3. The zero-order chi connectivity index (χ0) is 13.7. The third-order valence-corrected chi connectivity index (χ3v) is 3.36. The van der Waals surface area contributed by atoms with Gasteiger partial charge in [-0.25, -0.2) is 0 Å². The number of benzene rings is 1. The van der Waals surface area contributed by atoms with Crippen LogP contribution in [0.3, 0.4) is 0 Å².